The lowest BCUT2D eigenvalue weighted by Crippen LogP contribution is -2.46. The van der Waals surface area contributed by atoms with Gasteiger partial charge in [0.1, 0.15) is 0 Å². The molecule has 2 aliphatic carbocycles. The molecule has 2 saturated carbocycles. The van der Waals surface area contributed by atoms with E-state index in [0.29, 0.717) is 0 Å². The van der Waals surface area contributed by atoms with Crippen LogP contribution in [-0.4, -0.2) is 19.1 Å². The van der Waals surface area contributed by atoms with Crippen LogP contribution in [-0.2, 0) is 0 Å². The molecule has 0 amide bonds. The zero-order valence-corrected chi connectivity index (χ0v) is 7.38. The van der Waals surface area contributed by atoms with Crippen LogP contribution in [0.15, 0.2) is 0 Å². The van der Waals surface area contributed by atoms with Crippen molar-refractivity contribution >= 4 is 0 Å². The highest BCUT2D eigenvalue weighted by atomic mass is 15.0. The third kappa shape index (κ3) is 0.926. The van der Waals surface area contributed by atoms with E-state index in [2.05, 4.69) is 19.2 Å². The second-order valence-electron chi connectivity index (χ2n) is 4.14. The van der Waals surface area contributed by atoms with E-state index in [1.54, 1.807) is 0 Å². The smallest absolute Gasteiger partial charge is 0.0130 e. The maximum Gasteiger partial charge on any atom is 0.0130 e. The second kappa shape index (κ2) is 2.46. The summed E-state index contributed by atoms with van der Waals surface area (Å²) in [6, 6.07) is 0.790. The van der Waals surface area contributed by atoms with Crippen LogP contribution in [0.4, 0.5) is 0 Å². The van der Waals surface area contributed by atoms with E-state index in [4.69, 9.17) is 5.73 Å². The van der Waals surface area contributed by atoms with E-state index < -0.39 is 0 Å². The minimum atomic E-state index is 0.773. The van der Waals surface area contributed by atoms with Crippen LogP contribution >= 0.6 is 0 Å². The molecule has 5 unspecified atom stereocenters. The average molecular weight is 154 g/mol. The van der Waals surface area contributed by atoms with Gasteiger partial charge in [0, 0.05) is 19.1 Å². The predicted octanol–water partition coefficient (Wildman–Crippen LogP) is 0.435. The van der Waals surface area contributed by atoms with Gasteiger partial charge in [-0.2, -0.15) is 0 Å². The van der Waals surface area contributed by atoms with E-state index in [1.165, 1.54) is 0 Å². The van der Waals surface area contributed by atoms with Gasteiger partial charge < -0.3 is 11.1 Å². The largest absolute Gasteiger partial charge is 0.329 e. The van der Waals surface area contributed by atoms with Gasteiger partial charge in [0.05, 0.1) is 0 Å². The zero-order chi connectivity index (χ0) is 8.01. The molecule has 2 fully saturated rings. The monoisotopic (exact) mass is 154 g/mol. The van der Waals surface area contributed by atoms with Crippen LogP contribution in [0.1, 0.15) is 13.8 Å². The first-order chi connectivity index (χ1) is 5.27. The lowest BCUT2D eigenvalue weighted by Gasteiger charge is -2.33. The summed E-state index contributed by atoms with van der Waals surface area (Å²) < 4.78 is 0. The summed E-state index contributed by atoms with van der Waals surface area (Å²) in [7, 11) is 0. The summed E-state index contributed by atoms with van der Waals surface area (Å²) in [5.74, 6) is 3.93. The van der Waals surface area contributed by atoms with E-state index in [1.807, 2.05) is 0 Å². The van der Waals surface area contributed by atoms with Crippen LogP contribution in [0.5, 0.6) is 0 Å². The fraction of sp³-hybridized carbons (Fsp3) is 1.00. The van der Waals surface area contributed by atoms with E-state index >= 15 is 0 Å². The Bertz CT molecular complexity index is 152. The number of nitrogens with one attached hydrogen (secondary N) is 1. The zero-order valence-electron chi connectivity index (χ0n) is 7.38. The highest BCUT2D eigenvalue weighted by Crippen LogP contribution is 2.64. The molecule has 11 heavy (non-hydrogen) atoms. The van der Waals surface area contributed by atoms with E-state index in [0.717, 1.165) is 42.8 Å². The quantitative estimate of drug-likeness (QED) is 0.619. The Morgan fingerprint density at radius 1 is 1.18 bits per heavy atom. The lowest BCUT2D eigenvalue weighted by atomic mass is 9.81. The molecular weight excluding hydrogens is 136 g/mol. The molecule has 2 rings (SSSR count). The molecule has 0 aromatic heterocycles. The third-order valence-corrected chi connectivity index (χ3v) is 3.63. The van der Waals surface area contributed by atoms with Gasteiger partial charge in [0.25, 0.3) is 0 Å². The summed E-state index contributed by atoms with van der Waals surface area (Å²) >= 11 is 0. The van der Waals surface area contributed by atoms with E-state index in [-0.39, 0.29) is 0 Å². The highest BCUT2D eigenvalue weighted by Gasteiger charge is 2.64. The van der Waals surface area contributed by atoms with Crippen molar-refractivity contribution in [3.63, 3.8) is 0 Å². The third-order valence-electron chi connectivity index (χ3n) is 3.63. The molecule has 2 heteroatoms. The molecule has 5 atom stereocenters. The van der Waals surface area contributed by atoms with Crippen LogP contribution in [0.25, 0.3) is 0 Å². The van der Waals surface area contributed by atoms with E-state index in [9.17, 15) is 0 Å². The maximum absolute atomic E-state index is 5.43. The minimum absolute atomic E-state index is 0.773. The Hall–Kier alpha value is -0.0800. The van der Waals surface area contributed by atoms with Crippen molar-refractivity contribution in [1.82, 2.24) is 5.32 Å². The number of hydrogen-bond acceptors (Lipinski definition) is 2. The Balaban J connectivity index is 1.79. The second-order valence-corrected chi connectivity index (χ2v) is 4.14. The lowest BCUT2D eigenvalue weighted by molar-refractivity contribution is 0.210. The molecule has 0 radical (unpaired) electrons. The van der Waals surface area contributed by atoms with Crippen molar-refractivity contribution < 1.29 is 0 Å². The maximum atomic E-state index is 5.43. The number of hydrogen-bond donors (Lipinski definition) is 2. The predicted molar refractivity (Wildman–Crippen MR) is 46.2 cm³/mol. The normalized spacial score (nSPS) is 53.2. The molecule has 0 aromatic rings. The number of fused-ring (bicyclic) bond motifs is 1. The van der Waals surface area contributed by atoms with Crippen LogP contribution in [0.2, 0.25) is 0 Å². The average Bonchev–Trinajstić information content (AvgIpc) is 2.57. The van der Waals surface area contributed by atoms with Crippen molar-refractivity contribution in [2.24, 2.45) is 29.4 Å². The summed E-state index contributed by atoms with van der Waals surface area (Å²) in [4.78, 5) is 0. The first kappa shape index (κ1) is 7.56. The van der Waals surface area contributed by atoms with Gasteiger partial charge in [0.15, 0.2) is 0 Å². The van der Waals surface area contributed by atoms with Crippen LogP contribution in [0, 0.1) is 23.7 Å². The molecular formula is C9H18N2. The highest BCUT2D eigenvalue weighted by molar-refractivity contribution is 5.15. The SMILES string of the molecule is CC1C(NCCN)C2C(C)C12. The molecule has 0 saturated heterocycles. The first-order valence-electron chi connectivity index (χ1n) is 4.71. The molecule has 3 N–H and O–H groups in total. The fourth-order valence-electron chi connectivity index (χ4n) is 2.94. The van der Waals surface area contributed by atoms with Gasteiger partial charge in [-0.05, 0) is 23.7 Å². The molecule has 0 aromatic carbocycles. The number of rotatable bonds is 3. The van der Waals surface area contributed by atoms with Crippen LogP contribution < -0.4 is 11.1 Å². The van der Waals surface area contributed by atoms with Crippen molar-refractivity contribution in [3.05, 3.63) is 0 Å². The van der Waals surface area contributed by atoms with Gasteiger partial charge in [-0.15, -0.1) is 0 Å². The van der Waals surface area contributed by atoms with Crippen molar-refractivity contribution in [3.8, 4) is 0 Å². The van der Waals surface area contributed by atoms with Gasteiger partial charge in [0.2, 0.25) is 0 Å². The minimum Gasteiger partial charge on any atom is -0.329 e. The summed E-state index contributed by atoms with van der Waals surface area (Å²) in [6.07, 6.45) is 0. The van der Waals surface area contributed by atoms with Gasteiger partial charge in [-0.3, -0.25) is 0 Å². The Morgan fingerprint density at radius 2 is 1.91 bits per heavy atom. The standard InChI is InChI=1S/C9H18N2/c1-5-7-6(2)9(8(5)7)11-4-3-10/h5-9,11H,3-4,10H2,1-2H3. The summed E-state index contributed by atoms with van der Waals surface area (Å²) in [5.41, 5.74) is 5.43. The summed E-state index contributed by atoms with van der Waals surface area (Å²) in [6.45, 7) is 6.49. The Morgan fingerprint density at radius 3 is 2.36 bits per heavy atom. The van der Waals surface area contributed by atoms with Crippen molar-refractivity contribution in [1.29, 1.82) is 0 Å². The molecule has 64 valence electrons. The Labute approximate surface area is 68.5 Å². The summed E-state index contributed by atoms with van der Waals surface area (Å²) in [5, 5.41) is 3.52. The van der Waals surface area contributed by atoms with Crippen LogP contribution in [0.3, 0.4) is 0 Å². The molecule has 0 heterocycles. The topological polar surface area (TPSA) is 38.0 Å². The first-order valence-corrected chi connectivity index (χ1v) is 4.71. The molecule has 2 nitrogen and oxygen atoms in total. The van der Waals surface area contributed by atoms with Gasteiger partial charge in [-0.1, -0.05) is 13.8 Å². The van der Waals surface area contributed by atoms with Gasteiger partial charge >= 0.3 is 0 Å². The van der Waals surface area contributed by atoms with Crippen molar-refractivity contribution in [2.45, 2.75) is 19.9 Å². The molecule has 0 spiro atoms. The molecule has 2 aliphatic rings. The van der Waals surface area contributed by atoms with Crippen molar-refractivity contribution in [2.75, 3.05) is 13.1 Å². The Kier molecular flexibility index (Phi) is 1.69. The molecule has 0 aliphatic heterocycles. The molecule has 0 bridgehead atoms. The van der Waals surface area contributed by atoms with Gasteiger partial charge in [-0.25, -0.2) is 0 Å². The fourth-order valence-corrected chi connectivity index (χ4v) is 2.94. The number of nitrogens with two attached hydrogens (primary N) is 1.